The third-order valence-electron chi connectivity index (χ3n) is 3.55. The number of ether oxygens (including phenoxy) is 3. The number of hydrogen-bond donors (Lipinski definition) is 0. The lowest BCUT2D eigenvalue weighted by Gasteiger charge is -2.07. The summed E-state index contributed by atoms with van der Waals surface area (Å²) in [6, 6.07) is 6.61. The number of thiazole rings is 1. The number of esters is 1. The molecule has 0 saturated carbocycles. The third kappa shape index (κ3) is 3.92. The van der Waals surface area contributed by atoms with Crippen LogP contribution in [0.3, 0.4) is 0 Å². The Morgan fingerprint density at radius 3 is 2.88 bits per heavy atom. The van der Waals surface area contributed by atoms with E-state index in [1.807, 2.05) is 0 Å². The van der Waals surface area contributed by atoms with Crippen LogP contribution in [0.1, 0.15) is 11.3 Å². The molecule has 0 amide bonds. The molecular weight excluding hydrogens is 356 g/mol. The first-order valence-corrected chi connectivity index (χ1v) is 8.51. The highest BCUT2D eigenvalue weighted by Gasteiger charge is 2.07. The van der Waals surface area contributed by atoms with Gasteiger partial charge < -0.3 is 14.2 Å². The minimum absolute atomic E-state index is 0.0813. The minimum Gasteiger partial charge on any atom is -0.497 e. The summed E-state index contributed by atoms with van der Waals surface area (Å²) in [6.45, 7) is -0.0813. The summed E-state index contributed by atoms with van der Waals surface area (Å²) in [5, 5.41) is 1.77. The summed E-state index contributed by atoms with van der Waals surface area (Å²) in [6.07, 6.45) is 4.51. The highest BCUT2D eigenvalue weighted by atomic mass is 32.1. The van der Waals surface area contributed by atoms with Crippen molar-refractivity contribution in [1.82, 2.24) is 9.38 Å². The Hall–Kier alpha value is -3.13. The first-order chi connectivity index (χ1) is 12.6. The molecule has 0 bridgehead atoms. The van der Waals surface area contributed by atoms with Gasteiger partial charge in [0.05, 0.1) is 19.9 Å². The molecule has 3 rings (SSSR count). The van der Waals surface area contributed by atoms with Crippen LogP contribution in [0.5, 0.6) is 11.5 Å². The fourth-order valence-electron chi connectivity index (χ4n) is 2.28. The van der Waals surface area contributed by atoms with Crippen molar-refractivity contribution in [3.8, 4) is 11.5 Å². The van der Waals surface area contributed by atoms with Crippen molar-refractivity contribution < 1.29 is 19.0 Å². The van der Waals surface area contributed by atoms with Crippen LogP contribution in [0.25, 0.3) is 11.0 Å². The summed E-state index contributed by atoms with van der Waals surface area (Å²) < 4.78 is 17.0. The lowest BCUT2D eigenvalue weighted by atomic mass is 10.1. The van der Waals surface area contributed by atoms with Crippen LogP contribution in [0, 0.1) is 0 Å². The normalized spacial score (nSPS) is 11.0. The van der Waals surface area contributed by atoms with Gasteiger partial charge in [-0.05, 0) is 24.3 Å². The average Bonchev–Trinajstić information content (AvgIpc) is 3.13. The van der Waals surface area contributed by atoms with Gasteiger partial charge in [-0.25, -0.2) is 9.78 Å². The van der Waals surface area contributed by atoms with Crippen molar-refractivity contribution in [2.45, 2.75) is 6.61 Å². The van der Waals surface area contributed by atoms with Gasteiger partial charge in [0.1, 0.15) is 18.1 Å². The quantitative estimate of drug-likeness (QED) is 0.489. The van der Waals surface area contributed by atoms with Gasteiger partial charge in [-0.1, -0.05) is 0 Å². The van der Waals surface area contributed by atoms with E-state index in [1.165, 1.54) is 27.9 Å². The van der Waals surface area contributed by atoms with E-state index >= 15 is 0 Å². The van der Waals surface area contributed by atoms with Crippen molar-refractivity contribution in [3.63, 3.8) is 0 Å². The van der Waals surface area contributed by atoms with E-state index in [2.05, 4.69) is 4.98 Å². The zero-order valence-electron chi connectivity index (χ0n) is 14.2. The van der Waals surface area contributed by atoms with E-state index in [0.29, 0.717) is 27.7 Å². The standard InChI is InChI=1S/C18H16N2O5S/c1-23-14-4-5-15(24-2)12(9-14)3-6-17(22)25-11-13-10-16(21)20-7-8-26-18(20)19-13/h3-10H,11H2,1-2H3/b6-3+. The van der Waals surface area contributed by atoms with Gasteiger partial charge in [0, 0.05) is 29.3 Å². The third-order valence-corrected chi connectivity index (χ3v) is 4.31. The number of methoxy groups -OCH3 is 2. The lowest BCUT2D eigenvalue weighted by molar-refractivity contribution is -0.139. The van der Waals surface area contributed by atoms with Crippen LogP contribution in [-0.2, 0) is 16.1 Å². The Bertz CT molecular complexity index is 1020. The van der Waals surface area contributed by atoms with Gasteiger partial charge in [-0.3, -0.25) is 9.20 Å². The molecular formula is C18H16N2O5S. The molecule has 0 aliphatic rings. The van der Waals surface area contributed by atoms with Crippen LogP contribution in [0.4, 0.5) is 0 Å². The van der Waals surface area contributed by atoms with E-state index in [4.69, 9.17) is 14.2 Å². The number of carbonyl (C=O) groups excluding carboxylic acids is 1. The Morgan fingerprint density at radius 1 is 1.27 bits per heavy atom. The molecule has 0 saturated heterocycles. The molecule has 2 aromatic heterocycles. The van der Waals surface area contributed by atoms with E-state index in [1.54, 1.807) is 50.1 Å². The zero-order chi connectivity index (χ0) is 18.5. The fourth-order valence-corrected chi connectivity index (χ4v) is 3.02. The van der Waals surface area contributed by atoms with Crippen LogP contribution in [-0.4, -0.2) is 29.6 Å². The van der Waals surface area contributed by atoms with Crippen molar-refractivity contribution in [1.29, 1.82) is 0 Å². The van der Waals surface area contributed by atoms with E-state index < -0.39 is 5.97 Å². The summed E-state index contributed by atoms with van der Waals surface area (Å²) in [7, 11) is 3.10. The predicted octanol–water partition coefficient (Wildman–Crippen LogP) is 2.53. The number of benzene rings is 1. The molecule has 2 heterocycles. The summed E-state index contributed by atoms with van der Waals surface area (Å²) >= 11 is 1.34. The Kier molecular flexibility index (Phi) is 5.33. The molecule has 1 aromatic carbocycles. The highest BCUT2D eigenvalue weighted by molar-refractivity contribution is 7.15. The molecule has 3 aromatic rings. The summed E-state index contributed by atoms with van der Waals surface area (Å²) in [5.74, 6) is 0.698. The highest BCUT2D eigenvalue weighted by Crippen LogP contribution is 2.25. The Labute approximate surface area is 153 Å². The molecule has 0 spiro atoms. The first kappa shape index (κ1) is 17.7. The number of fused-ring (bicyclic) bond motifs is 1. The second-order valence-electron chi connectivity index (χ2n) is 5.19. The molecule has 0 N–H and O–H groups in total. The van der Waals surface area contributed by atoms with E-state index in [9.17, 15) is 9.59 Å². The lowest BCUT2D eigenvalue weighted by Crippen LogP contribution is -2.14. The summed E-state index contributed by atoms with van der Waals surface area (Å²) in [4.78, 5) is 28.7. The van der Waals surface area contributed by atoms with Crippen LogP contribution in [0.2, 0.25) is 0 Å². The van der Waals surface area contributed by atoms with Crippen LogP contribution >= 0.6 is 11.3 Å². The number of hydrogen-bond acceptors (Lipinski definition) is 7. The maximum Gasteiger partial charge on any atom is 0.331 e. The van der Waals surface area contributed by atoms with Crippen molar-refractivity contribution in [2.75, 3.05) is 14.2 Å². The van der Waals surface area contributed by atoms with E-state index in [0.717, 1.165) is 0 Å². The Balaban J connectivity index is 1.68. The summed E-state index contributed by atoms with van der Waals surface area (Å²) in [5.41, 5.74) is 0.872. The predicted molar refractivity (Wildman–Crippen MR) is 97.7 cm³/mol. The molecule has 0 fully saturated rings. The number of carbonyl (C=O) groups is 1. The molecule has 0 unspecified atom stereocenters. The van der Waals surface area contributed by atoms with Gasteiger partial charge >= 0.3 is 5.97 Å². The molecule has 0 radical (unpaired) electrons. The molecule has 8 heteroatoms. The molecule has 7 nitrogen and oxygen atoms in total. The monoisotopic (exact) mass is 372 g/mol. The zero-order valence-corrected chi connectivity index (χ0v) is 15.0. The maximum atomic E-state index is 12.0. The number of aromatic nitrogens is 2. The molecule has 0 aliphatic heterocycles. The smallest absolute Gasteiger partial charge is 0.331 e. The van der Waals surface area contributed by atoms with Gasteiger partial charge in [0.15, 0.2) is 4.96 Å². The van der Waals surface area contributed by atoms with Gasteiger partial charge in [-0.15, -0.1) is 11.3 Å². The topological polar surface area (TPSA) is 79.1 Å². The van der Waals surface area contributed by atoms with Crippen molar-refractivity contribution >= 4 is 28.3 Å². The van der Waals surface area contributed by atoms with Crippen molar-refractivity contribution in [3.05, 3.63) is 63.5 Å². The van der Waals surface area contributed by atoms with Gasteiger partial charge in [0.25, 0.3) is 5.56 Å². The Morgan fingerprint density at radius 2 is 2.12 bits per heavy atom. The largest absolute Gasteiger partial charge is 0.497 e. The molecule has 0 atom stereocenters. The SMILES string of the molecule is COc1ccc(OC)c(/C=C/C(=O)OCc2cc(=O)n3ccsc3n2)c1. The number of rotatable bonds is 6. The second kappa shape index (κ2) is 7.83. The maximum absolute atomic E-state index is 12.0. The minimum atomic E-state index is -0.553. The second-order valence-corrected chi connectivity index (χ2v) is 6.06. The van der Waals surface area contributed by atoms with E-state index in [-0.39, 0.29) is 12.2 Å². The molecule has 0 aliphatic carbocycles. The molecule has 26 heavy (non-hydrogen) atoms. The van der Waals surface area contributed by atoms with Gasteiger partial charge in [0.2, 0.25) is 0 Å². The van der Waals surface area contributed by atoms with Crippen LogP contribution in [0.15, 0.2) is 46.7 Å². The first-order valence-electron chi connectivity index (χ1n) is 7.63. The van der Waals surface area contributed by atoms with Gasteiger partial charge in [-0.2, -0.15) is 0 Å². The van der Waals surface area contributed by atoms with Crippen LogP contribution < -0.4 is 15.0 Å². The van der Waals surface area contributed by atoms with Crippen molar-refractivity contribution in [2.24, 2.45) is 0 Å². The number of nitrogens with zero attached hydrogens (tertiary/aromatic N) is 2. The average molecular weight is 372 g/mol. The molecule has 134 valence electrons. The fraction of sp³-hybridized carbons (Fsp3) is 0.167.